The molecule has 2 N–H and O–H groups in total. The number of benzene rings is 1. The molecule has 0 radical (unpaired) electrons. The van der Waals surface area contributed by atoms with Crippen molar-refractivity contribution in [3.63, 3.8) is 0 Å². The van der Waals surface area contributed by atoms with Gasteiger partial charge in [-0.1, -0.05) is 38.8 Å². The van der Waals surface area contributed by atoms with Gasteiger partial charge in [-0.3, -0.25) is 9.69 Å². The van der Waals surface area contributed by atoms with Gasteiger partial charge in [0.05, 0.1) is 6.10 Å². The first-order valence-corrected chi connectivity index (χ1v) is 8.91. The van der Waals surface area contributed by atoms with Crippen LogP contribution >= 0.6 is 0 Å². The molecule has 0 saturated carbocycles. The molecule has 1 fully saturated rings. The van der Waals surface area contributed by atoms with Gasteiger partial charge in [-0.05, 0) is 49.5 Å². The van der Waals surface area contributed by atoms with Crippen molar-refractivity contribution < 1.29 is 9.90 Å². The van der Waals surface area contributed by atoms with Gasteiger partial charge in [0, 0.05) is 18.7 Å². The Morgan fingerprint density at radius 1 is 1.17 bits per heavy atom. The van der Waals surface area contributed by atoms with Crippen LogP contribution in [0.5, 0.6) is 0 Å². The van der Waals surface area contributed by atoms with Crippen molar-refractivity contribution in [3.8, 4) is 0 Å². The van der Waals surface area contributed by atoms with E-state index in [1.807, 2.05) is 24.3 Å². The molecule has 2 rings (SSSR count). The standard InChI is InChI=1S/C19H30N2O2/c1-3-16(4-2)18(22)13-20-19(23)17-9-7-15(8-10-17)14-21-11-5-6-12-21/h7-10,16,18,22H,3-6,11-14H2,1-2H3,(H,20,23). The summed E-state index contributed by atoms with van der Waals surface area (Å²) in [5.41, 5.74) is 1.91. The molecule has 23 heavy (non-hydrogen) atoms. The number of nitrogens with one attached hydrogen (secondary N) is 1. The number of carbonyl (C=O) groups excluding carboxylic acids is 1. The van der Waals surface area contributed by atoms with Gasteiger partial charge in [0.15, 0.2) is 0 Å². The molecule has 1 heterocycles. The van der Waals surface area contributed by atoms with Crippen LogP contribution < -0.4 is 5.32 Å². The molecule has 1 aromatic carbocycles. The highest BCUT2D eigenvalue weighted by Gasteiger charge is 2.17. The summed E-state index contributed by atoms with van der Waals surface area (Å²) in [5, 5.41) is 12.9. The summed E-state index contributed by atoms with van der Waals surface area (Å²) >= 11 is 0. The summed E-state index contributed by atoms with van der Waals surface area (Å²) in [5.74, 6) is 0.140. The zero-order chi connectivity index (χ0) is 16.7. The highest BCUT2D eigenvalue weighted by atomic mass is 16.3. The Morgan fingerprint density at radius 2 is 1.78 bits per heavy atom. The summed E-state index contributed by atoms with van der Waals surface area (Å²) in [4.78, 5) is 14.6. The first kappa shape index (κ1) is 18.0. The summed E-state index contributed by atoms with van der Waals surface area (Å²) in [6.45, 7) is 7.78. The molecule has 0 spiro atoms. The van der Waals surface area contributed by atoms with Crippen LogP contribution in [0.15, 0.2) is 24.3 Å². The third-order valence-corrected chi connectivity index (χ3v) is 4.89. The molecule has 1 atom stereocenters. The maximum atomic E-state index is 12.2. The normalized spacial score (nSPS) is 16.7. The first-order valence-electron chi connectivity index (χ1n) is 8.91. The first-order chi connectivity index (χ1) is 11.1. The Labute approximate surface area is 139 Å². The Kier molecular flexibility index (Phi) is 7.06. The van der Waals surface area contributed by atoms with Crippen molar-refractivity contribution >= 4 is 5.91 Å². The lowest BCUT2D eigenvalue weighted by Crippen LogP contribution is -2.36. The van der Waals surface area contributed by atoms with E-state index >= 15 is 0 Å². The Morgan fingerprint density at radius 3 is 2.35 bits per heavy atom. The minimum atomic E-state index is -0.469. The summed E-state index contributed by atoms with van der Waals surface area (Å²) < 4.78 is 0. The van der Waals surface area contributed by atoms with Crippen molar-refractivity contribution in [2.24, 2.45) is 5.92 Å². The SMILES string of the molecule is CCC(CC)C(O)CNC(=O)c1ccc(CN2CCCC2)cc1. The molecule has 1 aliphatic heterocycles. The number of rotatable bonds is 8. The van der Waals surface area contributed by atoms with Crippen molar-refractivity contribution in [2.45, 2.75) is 52.2 Å². The Hall–Kier alpha value is -1.39. The van der Waals surface area contributed by atoms with E-state index < -0.39 is 6.10 Å². The van der Waals surface area contributed by atoms with E-state index in [0.717, 1.165) is 19.4 Å². The molecule has 1 unspecified atom stereocenters. The van der Waals surface area contributed by atoms with Gasteiger partial charge in [0.2, 0.25) is 0 Å². The van der Waals surface area contributed by atoms with Crippen molar-refractivity contribution in [3.05, 3.63) is 35.4 Å². The van der Waals surface area contributed by atoms with Crippen LogP contribution in [0.3, 0.4) is 0 Å². The van der Waals surface area contributed by atoms with Gasteiger partial charge in [-0.25, -0.2) is 0 Å². The lowest BCUT2D eigenvalue weighted by molar-refractivity contribution is 0.0816. The number of amides is 1. The molecule has 4 heteroatoms. The van der Waals surface area contributed by atoms with Crippen LogP contribution in [0, 0.1) is 5.92 Å². The van der Waals surface area contributed by atoms with Gasteiger partial charge in [-0.15, -0.1) is 0 Å². The number of likely N-dealkylation sites (tertiary alicyclic amines) is 1. The molecule has 1 aliphatic rings. The fraction of sp³-hybridized carbons (Fsp3) is 0.632. The maximum absolute atomic E-state index is 12.2. The molecule has 128 valence electrons. The van der Waals surface area contributed by atoms with E-state index in [2.05, 4.69) is 24.1 Å². The van der Waals surface area contributed by atoms with Gasteiger partial charge in [0.25, 0.3) is 5.91 Å². The molecule has 0 aromatic heterocycles. The number of hydrogen-bond donors (Lipinski definition) is 2. The predicted octanol–water partition coefficient (Wildman–Crippen LogP) is 2.81. The lowest BCUT2D eigenvalue weighted by atomic mass is 9.96. The zero-order valence-electron chi connectivity index (χ0n) is 14.4. The van der Waals surface area contributed by atoms with Crippen LogP contribution in [0.1, 0.15) is 55.5 Å². The second-order valence-electron chi connectivity index (χ2n) is 6.53. The largest absolute Gasteiger partial charge is 0.391 e. The lowest BCUT2D eigenvalue weighted by Gasteiger charge is -2.20. The van der Waals surface area contributed by atoms with Gasteiger partial charge in [0.1, 0.15) is 0 Å². The number of aliphatic hydroxyl groups excluding tert-OH is 1. The molecular weight excluding hydrogens is 288 g/mol. The van der Waals surface area contributed by atoms with Crippen LogP contribution in [0.4, 0.5) is 0 Å². The van der Waals surface area contributed by atoms with E-state index in [1.54, 1.807) is 0 Å². The van der Waals surface area contributed by atoms with Gasteiger partial charge < -0.3 is 10.4 Å². The molecule has 1 aromatic rings. The number of nitrogens with zero attached hydrogens (tertiary/aromatic N) is 1. The van der Waals surface area contributed by atoms with Crippen molar-refractivity contribution in [1.29, 1.82) is 0 Å². The Bertz CT molecular complexity index is 477. The zero-order valence-corrected chi connectivity index (χ0v) is 14.4. The van der Waals surface area contributed by atoms with Crippen LogP contribution in [-0.4, -0.2) is 41.7 Å². The number of hydrogen-bond acceptors (Lipinski definition) is 3. The van der Waals surface area contributed by atoms with Gasteiger partial charge in [-0.2, -0.15) is 0 Å². The summed E-state index contributed by atoms with van der Waals surface area (Å²) in [6.07, 6.45) is 3.97. The fourth-order valence-electron chi connectivity index (χ4n) is 3.26. The van der Waals surface area contributed by atoms with E-state index in [4.69, 9.17) is 0 Å². The molecular formula is C19H30N2O2. The predicted molar refractivity (Wildman–Crippen MR) is 93.4 cm³/mol. The molecule has 0 bridgehead atoms. The van der Waals surface area contributed by atoms with E-state index in [1.165, 1.54) is 31.5 Å². The quantitative estimate of drug-likeness (QED) is 0.775. The van der Waals surface area contributed by atoms with Crippen molar-refractivity contribution in [2.75, 3.05) is 19.6 Å². The molecule has 4 nitrogen and oxygen atoms in total. The van der Waals surface area contributed by atoms with Crippen molar-refractivity contribution in [1.82, 2.24) is 10.2 Å². The average molecular weight is 318 g/mol. The minimum absolute atomic E-state index is 0.109. The highest BCUT2D eigenvalue weighted by molar-refractivity contribution is 5.94. The Balaban J connectivity index is 1.82. The van der Waals surface area contributed by atoms with Crippen LogP contribution in [0.25, 0.3) is 0 Å². The second kappa shape index (κ2) is 9.04. The monoisotopic (exact) mass is 318 g/mol. The molecule has 1 amide bonds. The van der Waals surface area contributed by atoms with Crippen LogP contribution in [-0.2, 0) is 6.54 Å². The van der Waals surface area contributed by atoms with E-state index in [-0.39, 0.29) is 11.8 Å². The highest BCUT2D eigenvalue weighted by Crippen LogP contribution is 2.14. The second-order valence-corrected chi connectivity index (χ2v) is 6.53. The smallest absolute Gasteiger partial charge is 0.251 e. The summed E-state index contributed by atoms with van der Waals surface area (Å²) in [7, 11) is 0. The topological polar surface area (TPSA) is 52.6 Å². The minimum Gasteiger partial charge on any atom is -0.391 e. The number of carbonyl (C=O) groups is 1. The number of aliphatic hydroxyl groups is 1. The third kappa shape index (κ3) is 5.33. The third-order valence-electron chi connectivity index (χ3n) is 4.89. The van der Waals surface area contributed by atoms with Crippen LogP contribution in [0.2, 0.25) is 0 Å². The molecule has 0 aliphatic carbocycles. The van der Waals surface area contributed by atoms with Gasteiger partial charge >= 0.3 is 0 Å². The van der Waals surface area contributed by atoms with E-state index in [9.17, 15) is 9.90 Å². The molecule has 1 saturated heterocycles. The summed E-state index contributed by atoms with van der Waals surface area (Å²) in [6, 6.07) is 7.82. The maximum Gasteiger partial charge on any atom is 0.251 e. The van der Waals surface area contributed by atoms with E-state index in [0.29, 0.717) is 12.1 Å². The fourth-order valence-corrected chi connectivity index (χ4v) is 3.26. The average Bonchev–Trinajstić information content (AvgIpc) is 3.07.